The summed E-state index contributed by atoms with van der Waals surface area (Å²) < 4.78 is 5.89. The number of anilines is 1. The lowest BCUT2D eigenvalue weighted by Gasteiger charge is -2.12. The van der Waals surface area contributed by atoms with Crippen molar-refractivity contribution in [3.63, 3.8) is 0 Å². The zero-order chi connectivity index (χ0) is 14.3. The van der Waals surface area contributed by atoms with Crippen molar-refractivity contribution < 1.29 is 14.3 Å². The van der Waals surface area contributed by atoms with Gasteiger partial charge < -0.3 is 10.1 Å². The molecule has 102 valence electrons. The Bertz CT molecular complexity index is 468. The van der Waals surface area contributed by atoms with Crippen molar-refractivity contribution in [1.82, 2.24) is 0 Å². The van der Waals surface area contributed by atoms with Crippen LogP contribution in [-0.2, 0) is 14.3 Å². The zero-order valence-electron chi connectivity index (χ0n) is 10.9. The molecule has 0 heterocycles. The molecule has 1 N–H and O–H groups in total. The van der Waals surface area contributed by atoms with Crippen LogP contribution in [0.1, 0.15) is 20.3 Å². The third kappa shape index (κ3) is 5.70. The number of ether oxygens (including phenoxy) is 1. The van der Waals surface area contributed by atoms with E-state index in [4.69, 9.17) is 4.74 Å². The molecule has 1 amide bonds. The summed E-state index contributed by atoms with van der Waals surface area (Å²) in [5.41, 5.74) is 0.653. The van der Waals surface area contributed by atoms with Crippen LogP contribution in [0.4, 0.5) is 5.69 Å². The molecule has 0 radical (unpaired) electrons. The fourth-order valence-electron chi connectivity index (χ4n) is 1.26. The number of esters is 1. The van der Waals surface area contributed by atoms with E-state index >= 15 is 0 Å². The molecule has 0 spiro atoms. The van der Waals surface area contributed by atoms with Gasteiger partial charge in [-0.25, -0.2) is 4.79 Å². The Kier molecular flexibility index (Phi) is 6.29. The summed E-state index contributed by atoms with van der Waals surface area (Å²) in [7, 11) is 0. The molecule has 5 heteroatoms. The molecule has 19 heavy (non-hydrogen) atoms. The zero-order valence-corrected chi connectivity index (χ0v) is 12.4. The van der Waals surface area contributed by atoms with E-state index in [0.717, 1.165) is 10.9 Å². The summed E-state index contributed by atoms with van der Waals surface area (Å²) in [5.74, 6) is -0.874. The summed E-state index contributed by atoms with van der Waals surface area (Å²) >= 11 is 3.31. The highest BCUT2D eigenvalue weighted by Gasteiger charge is 2.16. The van der Waals surface area contributed by atoms with Gasteiger partial charge in [-0.05, 0) is 37.6 Å². The molecule has 1 atom stereocenters. The van der Waals surface area contributed by atoms with Crippen molar-refractivity contribution in [2.24, 2.45) is 0 Å². The second-order valence-electron chi connectivity index (χ2n) is 3.89. The number of rotatable bonds is 5. The Labute approximate surface area is 121 Å². The molecule has 0 fully saturated rings. The topological polar surface area (TPSA) is 55.4 Å². The first kappa shape index (κ1) is 15.4. The Hall–Kier alpha value is -1.62. The molecule has 0 bridgehead atoms. The average Bonchev–Trinajstić information content (AvgIpc) is 2.39. The molecule has 4 nitrogen and oxygen atoms in total. The van der Waals surface area contributed by atoms with Gasteiger partial charge in [0, 0.05) is 16.2 Å². The van der Waals surface area contributed by atoms with Gasteiger partial charge in [-0.1, -0.05) is 28.9 Å². The van der Waals surface area contributed by atoms with Crippen LogP contribution < -0.4 is 5.32 Å². The minimum absolute atomic E-state index is 0.361. The number of carbonyl (C=O) groups excluding carboxylic acids is 2. The quantitative estimate of drug-likeness (QED) is 0.667. The highest BCUT2D eigenvalue weighted by molar-refractivity contribution is 9.10. The monoisotopic (exact) mass is 325 g/mol. The van der Waals surface area contributed by atoms with Gasteiger partial charge in [0.1, 0.15) is 0 Å². The second kappa shape index (κ2) is 7.74. The van der Waals surface area contributed by atoms with Crippen molar-refractivity contribution in [3.8, 4) is 0 Å². The van der Waals surface area contributed by atoms with Crippen molar-refractivity contribution in [3.05, 3.63) is 40.9 Å². The van der Waals surface area contributed by atoms with Crippen LogP contribution in [0.15, 0.2) is 40.9 Å². The first-order valence-corrected chi connectivity index (χ1v) is 6.75. The number of allylic oxidation sites excluding steroid dienone is 1. The van der Waals surface area contributed by atoms with Crippen molar-refractivity contribution in [1.29, 1.82) is 0 Å². The number of carbonyl (C=O) groups is 2. The van der Waals surface area contributed by atoms with Crippen LogP contribution in [0.3, 0.4) is 0 Å². The van der Waals surface area contributed by atoms with E-state index in [1.165, 1.54) is 13.0 Å². The summed E-state index contributed by atoms with van der Waals surface area (Å²) in [4.78, 5) is 23.1. The predicted molar refractivity (Wildman–Crippen MR) is 77.8 cm³/mol. The summed E-state index contributed by atoms with van der Waals surface area (Å²) in [6.07, 6.45) is 2.91. The highest BCUT2D eigenvalue weighted by Crippen LogP contribution is 2.14. The number of nitrogens with one attached hydrogen (secondary N) is 1. The lowest BCUT2D eigenvalue weighted by molar-refractivity contribution is -0.148. The summed E-state index contributed by atoms with van der Waals surface area (Å²) in [6, 6.07) is 7.15. The number of benzene rings is 1. The lowest BCUT2D eigenvalue weighted by Crippen LogP contribution is -2.29. The molecule has 1 rings (SSSR count). The smallest absolute Gasteiger partial charge is 0.331 e. The van der Waals surface area contributed by atoms with Gasteiger partial charge in [0.25, 0.3) is 5.91 Å². The van der Waals surface area contributed by atoms with Crippen LogP contribution in [0, 0.1) is 0 Å². The maximum absolute atomic E-state index is 11.8. The van der Waals surface area contributed by atoms with Gasteiger partial charge in [-0.2, -0.15) is 0 Å². The van der Waals surface area contributed by atoms with E-state index in [1.54, 1.807) is 18.2 Å². The SMILES string of the molecule is CC/C=C/C(=O)O[C@H](C)C(=O)Nc1ccc(Br)cc1. The molecule has 0 aliphatic carbocycles. The summed E-state index contributed by atoms with van der Waals surface area (Å²) in [6.45, 7) is 3.44. The van der Waals surface area contributed by atoms with E-state index in [0.29, 0.717) is 5.69 Å². The van der Waals surface area contributed by atoms with Gasteiger partial charge in [0.2, 0.25) is 0 Å². The minimum Gasteiger partial charge on any atom is -0.449 e. The number of amides is 1. The van der Waals surface area contributed by atoms with E-state index < -0.39 is 12.1 Å². The van der Waals surface area contributed by atoms with E-state index in [9.17, 15) is 9.59 Å². The van der Waals surface area contributed by atoms with Crippen LogP contribution in [0.25, 0.3) is 0 Å². The molecule has 1 aromatic rings. The molecule has 0 unspecified atom stereocenters. The van der Waals surface area contributed by atoms with Crippen LogP contribution in [0.2, 0.25) is 0 Å². The maximum Gasteiger partial charge on any atom is 0.331 e. The first-order valence-electron chi connectivity index (χ1n) is 5.96. The molecule has 0 saturated carbocycles. The maximum atomic E-state index is 11.8. The second-order valence-corrected chi connectivity index (χ2v) is 4.80. The standard InChI is InChI=1S/C14H16BrNO3/c1-3-4-5-13(17)19-10(2)14(18)16-12-8-6-11(15)7-9-12/h4-10H,3H2,1-2H3,(H,16,18)/b5-4+/t10-/m1/s1. The Morgan fingerprint density at radius 1 is 1.37 bits per heavy atom. The van der Waals surface area contributed by atoms with Crippen molar-refractivity contribution in [2.45, 2.75) is 26.4 Å². The number of hydrogen-bond acceptors (Lipinski definition) is 3. The Morgan fingerprint density at radius 2 is 2.00 bits per heavy atom. The van der Waals surface area contributed by atoms with Gasteiger partial charge in [-0.15, -0.1) is 0 Å². The Balaban J connectivity index is 2.51. The van der Waals surface area contributed by atoms with Crippen LogP contribution in [0.5, 0.6) is 0 Å². The first-order chi connectivity index (χ1) is 9.02. The molecular weight excluding hydrogens is 310 g/mol. The largest absolute Gasteiger partial charge is 0.449 e. The lowest BCUT2D eigenvalue weighted by atomic mass is 10.3. The molecule has 0 aliphatic rings. The predicted octanol–water partition coefficient (Wildman–Crippen LogP) is 3.29. The third-order valence-electron chi connectivity index (χ3n) is 2.26. The van der Waals surface area contributed by atoms with Gasteiger partial charge in [-0.3, -0.25) is 4.79 Å². The normalized spacial score (nSPS) is 12.2. The van der Waals surface area contributed by atoms with E-state index in [2.05, 4.69) is 21.2 Å². The van der Waals surface area contributed by atoms with Gasteiger partial charge >= 0.3 is 5.97 Å². The molecule has 0 aromatic heterocycles. The summed E-state index contributed by atoms with van der Waals surface area (Å²) in [5, 5.41) is 2.67. The Morgan fingerprint density at radius 3 is 2.58 bits per heavy atom. The molecular formula is C14H16BrNO3. The van der Waals surface area contributed by atoms with Crippen LogP contribution >= 0.6 is 15.9 Å². The van der Waals surface area contributed by atoms with E-state index in [-0.39, 0.29) is 5.91 Å². The van der Waals surface area contributed by atoms with Gasteiger partial charge in [0.15, 0.2) is 6.10 Å². The number of hydrogen-bond donors (Lipinski definition) is 1. The average molecular weight is 326 g/mol. The fraction of sp³-hybridized carbons (Fsp3) is 0.286. The molecule has 0 saturated heterocycles. The van der Waals surface area contributed by atoms with E-state index in [1.807, 2.05) is 19.1 Å². The molecule has 0 aliphatic heterocycles. The van der Waals surface area contributed by atoms with Crippen molar-refractivity contribution >= 4 is 33.5 Å². The number of halogens is 1. The molecule has 1 aromatic carbocycles. The van der Waals surface area contributed by atoms with Crippen molar-refractivity contribution in [2.75, 3.05) is 5.32 Å². The highest BCUT2D eigenvalue weighted by atomic mass is 79.9. The fourth-order valence-corrected chi connectivity index (χ4v) is 1.52. The van der Waals surface area contributed by atoms with Crippen LogP contribution in [-0.4, -0.2) is 18.0 Å². The third-order valence-corrected chi connectivity index (χ3v) is 2.79. The minimum atomic E-state index is -0.836. The van der Waals surface area contributed by atoms with Gasteiger partial charge in [0.05, 0.1) is 0 Å².